The number of methoxy groups -OCH3 is 1. The van der Waals surface area contributed by atoms with Crippen LogP contribution in [0, 0.1) is 6.92 Å². The second-order valence-corrected chi connectivity index (χ2v) is 8.43. The first-order valence-electron chi connectivity index (χ1n) is 11.4. The molecule has 1 aromatic rings. The Kier molecular flexibility index (Phi) is 10.3. The number of ether oxygens (including phenoxy) is 1. The van der Waals surface area contributed by atoms with E-state index in [9.17, 15) is 9.59 Å². The zero-order valence-corrected chi connectivity index (χ0v) is 20.0. The summed E-state index contributed by atoms with van der Waals surface area (Å²) in [5, 5.41) is 4.32. The molecule has 2 fully saturated rings. The lowest BCUT2D eigenvalue weighted by Gasteiger charge is -2.39. The number of hydrogen-bond donors (Lipinski definition) is 0. The first-order chi connectivity index (χ1) is 14.5. The van der Waals surface area contributed by atoms with Gasteiger partial charge in [-0.15, -0.1) is 12.4 Å². The molecule has 2 aliphatic rings. The summed E-state index contributed by atoms with van der Waals surface area (Å²) in [6, 6.07) is 0.0467. The van der Waals surface area contributed by atoms with Crippen LogP contribution in [0.3, 0.4) is 0 Å². The number of carbonyl (C=O) groups excluding carboxylic acids is 2. The first-order valence-corrected chi connectivity index (χ1v) is 11.4. The average Bonchev–Trinajstić information content (AvgIpc) is 3.40. The fourth-order valence-electron chi connectivity index (χ4n) is 4.73. The molecule has 31 heavy (non-hydrogen) atoms. The van der Waals surface area contributed by atoms with Crippen LogP contribution >= 0.6 is 12.4 Å². The number of aryl methyl sites for hydroxylation is 1. The number of hydrogen-bond acceptors (Lipinski definition) is 5. The quantitative estimate of drug-likeness (QED) is 0.570. The minimum Gasteiger partial charge on any atom is -0.375 e. The maximum Gasteiger partial charge on any atom is 0.257 e. The van der Waals surface area contributed by atoms with Crippen LogP contribution in [0.4, 0.5) is 0 Å². The Morgan fingerprint density at radius 3 is 2.61 bits per heavy atom. The summed E-state index contributed by atoms with van der Waals surface area (Å²) in [4.78, 5) is 32.3. The van der Waals surface area contributed by atoms with Crippen LogP contribution in [0.15, 0.2) is 6.20 Å². The van der Waals surface area contributed by atoms with E-state index in [1.54, 1.807) is 13.3 Å². The van der Waals surface area contributed by atoms with Gasteiger partial charge in [0.15, 0.2) is 0 Å². The van der Waals surface area contributed by atoms with E-state index in [0.29, 0.717) is 12.1 Å². The van der Waals surface area contributed by atoms with Gasteiger partial charge in [0.1, 0.15) is 6.61 Å². The van der Waals surface area contributed by atoms with Crippen LogP contribution in [0.1, 0.15) is 55.1 Å². The van der Waals surface area contributed by atoms with Crippen LogP contribution < -0.4 is 0 Å². The number of likely N-dealkylation sites (tertiary alicyclic amines) is 2. The lowest BCUT2D eigenvalue weighted by atomic mass is 10.0. The van der Waals surface area contributed by atoms with Crippen molar-refractivity contribution in [1.29, 1.82) is 0 Å². The Labute approximate surface area is 192 Å². The van der Waals surface area contributed by atoms with Crippen LogP contribution in [0.2, 0.25) is 0 Å². The van der Waals surface area contributed by atoms with Crippen LogP contribution in [0.5, 0.6) is 0 Å². The number of halogens is 1. The maximum absolute atomic E-state index is 13.1. The molecular formula is C22H38ClN5O3. The normalized spacial score (nSPS) is 19.3. The molecule has 8 nitrogen and oxygen atoms in total. The van der Waals surface area contributed by atoms with Gasteiger partial charge in [-0.3, -0.25) is 14.3 Å². The zero-order valence-electron chi connectivity index (χ0n) is 19.2. The van der Waals surface area contributed by atoms with E-state index in [1.807, 2.05) is 28.3 Å². The molecule has 176 valence electrons. The predicted octanol–water partition coefficient (Wildman–Crippen LogP) is 2.20. The van der Waals surface area contributed by atoms with Crippen molar-refractivity contribution in [2.45, 2.75) is 58.5 Å². The molecule has 2 amide bonds. The van der Waals surface area contributed by atoms with Gasteiger partial charge in [-0.2, -0.15) is 5.10 Å². The van der Waals surface area contributed by atoms with Gasteiger partial charge in [0.2, 0.25) is 5.91 Å². The topological polar surface area (TPSA) is 70.9 Å². The molecule has 1 unspecified atom stereocenters. The standard InChI is InChI=1S/C22H37N5O3.ClH/c1-4-27-18(2)20(15-23-27)22(29)25-13-7-9-19(16-25)26(21(28)17-30-3)14-8-12-24-10-5-6-11-24;/h15,19H,4-14,16-17H2,1-3H3;1H. The SMILES string of the molecule is CCn1ncc(C(=O)N2CCCC(N(CCCN3CCCC3)C(=O)COC)C2)c1C.Cl. The average molecular weight is 456 g/mol. The van der Waals surface area contributed by atoms with Gasteiger partial charge >= 0.3 is 0 Å². The van der Waals surface area contributed by atoms with Crippen molar-refractivity contribution < 1.29 is 14.3 Å². The minimum absolute atomic E-state index is 0. The molecule has 2 aliphatic heterocycles. The summed E-state index contributed by atoms with van der Waals surface area (Å²) >= 11 is 0. The van der Waals surface area contributed by atoms with Crippen molar-refractivity contribution in [3.8, 4) is 0 Å². The Bertz CT molecular complexity index is 720. The van der Waals surface area contributed by atoms with E-state index >= 15 is 0 Å². The van der Waals surface area contributed by atoms with E-state index in [1.165, 1.54) is 25.9 Å². The molecular weight excluding hydrogens is 418 g/mol. The van der Waals surface area contributed by atoms with E-state index in [0.717, 1.165) is 51.1 Å². The summed E-state index contributed by atoms with van der Waals surface area (Å²) in [7, 11) is 1.56. The van der Waals surface area contributed by atoms with E-state index in [-0.39, 0.29) is 36.9 Å². The molecule has 0 radical (unpaired) electrons. The Balaban J connectivity index is 0.00000341. The third-order valence-corrected chi connectivity index (χ3v) is 6.42. The van der Waals surface area contributed by atoms with Crippen molar-refractivity contribution in [3.63, 3.8) is 0 Å². The summed E-state index contributed by atoms with van der Waals surface area (Å²) in [5.74, 6) is 0.0429. The predicted molar refractivity (Wildman–Crippen MR) is 123 cm³/mol. The van der Waals surface area contributed by atoms with Crippen LogP contribution in [-0.2, 0) is 16.1 Å². The van der Waals surface area contributed by atoms with Crippen molar-refractivity contribution in [2.24, 2.45) is 0 Å². The number of carbonyl (C=O) groups is 2. The second-order valence-electron chi connectivity index (χ2n) is 8.43. The highest BCUT2D eigenvalue weighted by atomic mass is 35.5. The van der Waals surface area contributed by atoms with Gasteiger partial charge in [-0.05, 0) is 65.6 Å². The van der Waals surface area contributed by atoms with Gasteiger partial charge in [0.25, 0.3) is 5.91 Å². The second kappa shape index (κ2) is 12.4. The zero-order chi connectivity index (χ0) is 21.5. The molecule has 0 bridgehead atoms. The van der Waals surface area contributed by atoms with Gasteiger partial charge in [-0.25, -0.2) is 0 Å². The van der Waals surface area contributed by atoms with E-state index < -0.39 is 0 Å². The Morgan fingerprint density at radius 2 is 1.97 bits per heavy atom. The molecule has 1 atom stereocenters. The molecule has 0 aromatic carbocycles. The molecule has 0 N–H and O–H groups in total. The third kappa shape index (κ3) is 6.43. The van der Waals surface area contributed by atoms with Crippen molar-refractivity contribution in [2.75, 3.05) is 53.0 Å². The van der Waals surface area contributed by atoms with Gasteiger partial charge in [0, 0.05) is 45.0 Å². The monoisotopic (exact) mass is 455 g/mol. The fraction of sp³-hybridized carbons (Fsp3) is 0.773. The molecule has 2 saturated heterocycles. The number of amides is 2. The molecule has 0 spiro atoms. The minimum atomic E-state index is 0. The van der Waals surface area contributed by atoms with E-state index in [4.69, 9.17) is 4.74 Å². The first kappa shape index (κ1) is 25.6. The number of nitrogens with zero attached hydrogens (tertiary/aromatic N) is 5. The highest BCUT2D eigenvalue weighted by molar-refractivity contribution is 5.95. The highest BCUT2D eigenvalue weighted by Crippen LogP contribution is 2.20. The van der Waals surface area contributed by atoms with Gasteiger partial charge in [0.05, 0.1) is 11.8 Å². The van der Waals surface area contributed by atoms with Crippen molar-refractivity contribution in [1.82, 2.24) is 24.5 Å². The lowest BCUT2D eigenvalue weighted by molar-refractivity contribution is -0.138. The summed E-state index contributed by atoms with van der Waals surface area (Å²) in [5.41, 5.74) is 1.57. The lowest BCUT2D eigenvalue weighted by Crippen LogP contribution is -2.53. The van der Waals surface area contributed by atoms with Crippen molar-refractivity contribution >= 4 is 24.2 Å². The Hall–Kier alpha value is -1.64. The molecule has 0 saturated carbocycles. The van der Waals surface area contributed by atoms with Gasteiger partial charge < -0.3 is 19.4 Å². The van der Waals surface area contributed by atoms with Gasteiger partial charge in [-0.1, -0.05) is 0 Å². The largest absolute Gasteiger partial charge is 0.375 e. The van der Waals surface area contributed by atoms with E-state index in [2.05, 4.69) is 10.00 Å². The highest BCUT2D eigenvalue weighted by Gasteiger charge is 2.32. The third-order valence-electron chi connectivity index (χ3n) is 6.42. The van der Waals surface area contributed by atoms with Crippen LogP contribution in [-0.4, -0.2) is 95.3 Å². The molecule has 9 heteroatoms. The summed E-state index contributed by atoms with van der Waals surface area (Å²) < 4.78 is 6.99. The smallest absolute Gasteiger partial charge is 0.257 e. The fourth-order valence-corrected chi connectivity index (χ4v) is 4.73. The Morgan fingerprint density at radius 1 is 1.23 bits per heavy atom. The number of rotatable bonds is 9. The van der Waals surface area contributed by atoms with Crippen LogP contribution in [0.25, 0.3) is 0 Å². The van der Waals surface area contributed by atoms with Crippen molar-refractivity contribution in [3.05, 3.63) is 17.5 Å². The molecule has 1 aromatic heterocycles. The summed E-state index contributed by atoms with van der Waals surface area (Å²) in [6.45, 7) is 10.2. The molecule has 0 aliphatic carbocycles. The molecule has 3 rings (SSSR count). The summed E-state index contributed by atoms with van der Waals surface area (Å²) in [6.07, 6.45) is 7.02. The molecule has 3 heterocycles. The number of piperidine rings is 1. The number of aromatic nitrogens is 2. The maximum atomic E-state index is 13.1.